The van der Waals surface area contributed by atoms with Crippen LogP contribution in [0.5, 0.6) is 5.75 Å². The number of ether oxygens (including phenoxy) is 1. The van der Waals surface area contributed by atoms with Crippen molar-refractivity contribution in [2.24, 2.45) is 4.99 Å². The minimum absolute atomic E-state index is 0.156. The van der Waals surface area contributed by atoms with E-state index >= 15 is 0 Å². The van der Waals surface area contributed by atoms with Crippen molar-refractivity contribution in [2.75, 3.05) is 11.9 Å². The molecule has 0 unspecified atom stereocenters. The number of rotatable bonds is 8. The summed E-state index contributed by atoms with van der Waals surface area (Å²) in [4.78, 5) is 6.16. The third kappa shape index (κ3) is 6.07. The molecule has 31 heavy (non-hydrogen) atoms. The Morgan fingerprint density at radius 3 is 2.84 bits per heavy atom. The van der Waals surface area contributed by atoms with Crippen molar-refractivity contribution in [3.8, 4) is 5.75 Å². The van der Waals surface area contributed by atoms with Crippen molar-refractivity contribution < 1.29 is 4.74 Å². The topological polar surface area (TPSA) is 76.4 Å². The predicted molar refractivity (Wildman–Crippen MR) is 126 cm³/mol. The van der Waals surface area contributed by atoms with E-state index in [0.29, 0.717) is 6.54 Å². The van der Waals surface area contributed by atoms with Gasteiger partial charge in [-0.1, -0.05) is 6.07 Å². The molecule has 2 aromatic heterocycles. The number of aliphatic imine (C=N–C) groups is 1. The summed E-state index contributed by atoms with van der Waals surface area (Å²) in [5.41, 5.74) is 0.960. The van der Waals surface area contributed by atoms with Gasteiger partial charge in [0, 0.05) is 30.1 Å². The Bertz CT molecular complexity index is 978. The highest BCUT2D eigenvalue weighted by Crippen LogP contribution is 2.18. The zero-order valence-electron chi connectivity index (χ0n) is 18.2. The van der Waals surface area contributed by atoms with Crippen LogP contribution in [0.3, 0.4) is 0 Å². The number of aryl methyl sites for hydroxylation is 1. The van der Waals surface area contributed by atoms with Crippen molar-refractivity contribution in [3.63, 3.8) is 0 Å². The van der Waals surface area contributed by atoms with Gasteiger partial charge in [0.15, 0.2) is 11.8 Å². The van der Waals surface area contributed by atoms with Gasteiger partial charge in [0.25, 0.3) is 0 Å². The second-order valence-corrected chi connectivity index (χ2v) is 8.91. The van der Waals surface area contributed by atoms with E-state index in [-0.39, 0.29) is 6.10 Å². The quantitative estimate of drug-likeness (QED) is 0.406. The normalized spacial score (nSPS) is 13.8. The number of fused-ring (bicyclic) bond motifs is 1. The lowest BCUT2D eigenvalue weighted by atomic mass is 10.2. The zero-order chi connectivity index (χ0) is 21.5. The Hall–Kier alpha value is -2.87. The van der Waals surface area contributed by atoms with Crippen LogP contribution in [-0.4, -0.2) is 33.4 Å². The number of guanidine groups is 1. The number of nitrogens with one attached hydrogen (secondary N) is 2. The van der Waals surface area contributed by atoms with E-state index in [1.54, 1.807) is 11.3 Å². The first-order chi connectivity index (χ1) is 15.2. The smallest absolute Gasteiger partial charge is 0.196 e. The molecule has 0 amide bonds. The van der Waals surface area contributed by atoms with Crippen molar-refractivity contribution in [2.45, 2.75) is 58.7 Å². The number of benzene rings is 1. The molecule has 3 aromatic rings. The van der Waals surface area contributed by atoms with Crippen molar-refractivity contribution in [1.29, 1.82) is 0 Å². The van der Waals surface area contributed by atoms with Gasteiger partial charge in [-0.15, -0.1) is 21.5 Å². The van der Waals surface area contributed by atoms with Crippen molar-refractivity contribution >= 4 is 23.0 Å². The summed E-state index contributed by atoms with van der Waals surface area (Å²) in [5.74, 6) is 3.61. The Labute approximate surface area is 187 Å². The third-order valence-corrected chi connectivity index (χ3v) is 5.98. The molecular formula is C23H30N6OS. The van der Waals surface area contributed by atoms with Gasteiger partial charge in [0.2, 0.25) is 0 Å². The van der Waals surface area contributed by atoms with Crippen LogP contribution in [0, 0.1) is 0 Å². The Morgan fingerprint density at radius 2 is 2.06 bits per heavy atom. The molecule has 2 N–H and O–H groups in total. The lowest BCUT2D eigenvalue weighted by Gasteiger charge is -2.15. The number of thiophene rings is 1. The van der Waals surface area contributed by atoms with E-state index in [2.05, 4.69) is 42.9 Å². The fourth-order valence-electron chi connectivity index (χ4n) is 3.56. The maximum atomic E-state index is 5.74. The summed E-state index contributed by atoms with van der Waals surface area (Å²) in [6.45, 7) is 6.34. The van der Waals surface area contributed by atoms with Crippen molar-refractivity contribution in [1.82, 2.24) is 20.1 Å². The van der Waals surface area contributed by atoms with Gasteiger partial charge in [-0.3, -0.25) is 0 Å². The maximum Gasteiger partial charge on any atom is 0.196 e. The molecule has 0 bridgehead atoms. The second kappa shape index (κ2) is 10.4. The molecule has 1 aliphatic heterocycles. The highest BCUT2D eigenvalue weighted by Gasteiger charge is 2.15. The third-order valence-electron chi connectivity index (χ3n) is 5.05. The first-order valence-electron chi connectivity index (χ1n) is 10.9. The molecule has 0 atom stereocenters. The Kier molecular flexibility index (Phi) is 7.19. The van der Waals surface area contributed by atoms with Crippen LogP contribution in [0.4, 0.5) is 5.69 Å². The molecule has 4 rings (SSSR count). The van der Waals surface area contributed by atoms with E-state index in [1.807, 2.05) is 38.1 Å². The molecule has 164 valence electrons. The lowest BCUT2D eigenvalue weighted by molar-refractivity contribution is 0.242. The maximum absolute atomic E-state index is 5.74. The highest BCUT2D eigenvalue weighted by molar-refractivity contribution is 7.09. The highest BCUT2D eigenvalue weighted by atomic mass is 32.1. The van der Waals surface area contributed by atoms with E-state index in [1.165, 1.54) is 17.7 Å². The number of hydrogen-bond acceptors (Lipinski definition) is 5. The van der Waals surface area contributed by atoms with Crippen LogP contribution in [0.2, 0.25) is 0 Å². The molecule has 0 saturated heterocycles. The average Bonchev–Trinajstić information content (AvgIpc) is 3.43. The van der Waals surface area contributed by atoms with Gasteiger partial charge in [0.05, 0.1) is 6.10 Å². The Balaban J connectivity index is 1.44. The summed E-state index contributed by atoms with van der Waals surface area (Å²) in [6.07, 6.45) is 4.49. The molecule has 0 aliphatic carbocycles. The first kappa shape index (κ1) is 21.4. The van der Waals surface area contributed by atoms with E-state index < -0.39 is 0 Å². The van der Waals surface area contributed by atoms with E-state index in [4.69, 9.17) is 9.73 Å². The summed E-state index contributed by atoms with van der Waals surface area (Å²) in [7, 11) is 0. The number of aromatic nitrogens is 3. The van der Waals surface area contributed by atoms with Crippen LogP contribution in [-0.2, 0) is 25.9 Å². The molecule has 0 radical (unpaired) electrons. The number of nitrogens with zero attached hydrogens (tertiary/aromatic N) is 4. The molecule has 1 aromatic carbocycles. The molecule has 1 aliphatic rings. The SMILES string of the molecule is CC(C)Oc1ccc(NC(=NCc2nnc3n2CCCC3)NCCc2cccs2)cc1. The summed E-state index contributed by atoms with van der Waals surface area (Å²) in [6, 6.07) is 12.2. The van der Waals surface area contributed by atoms with Crippen LogP contribution in [0.25, 0.3) is 0 Å². The van der Waals surface area contributed by atoms with E-state index in [0.717, 1.165) is 55.0 Å². The number of hydrogen-bond donors (Lipinski definition) is 2. The fourth-order valence-corrected chi connectivity index (χ4v) is 4.27. The van der Waals surface area contributed by atoms with Crippen molar-refractivity contribution in [3.05, 3.63) is 58.3 Å². The lowest BCUT2D eigenvalue weighted by Crippen LogP contribution is -2.32. The largest absolute Gasteiger partial charge is 0.491 e. The monoisotopic (exact) mass is 438 g/mol. The predicted octanol–water partition coefficient (Wildman–Crippen LogP) is 4.26. The molecule has 0 saturated carbocycles. The fraction of sp³-hybridized carbons (Fsp3) is 0.435. The molecular weight excluding hydrogens is 408 g/mol. The molecule has 7 nitrogen and oxygen atoms in total. The molecule has 3 heterocycles. The van der Waals surface area contributed by atoms with E-state index in [9.17, 15) is 0 Å². The van der Waals surface area contributed by atoms with Crippen LogP contribution in [0.15, 0.2) is 46.8 Å². The van der Waals surface area contributed by atoms with Crippen LogP contribution < -0.4 is 15.4 Å². The van der Waals surface area contributed by atoms with Gasteiger partial charge in [0.1, 0.15) is 18.1 Å². The van der Waals surface area contributed by atoms with Gasteiger partial charge in [-0.2, -0.15) is 0 Å². The summed E-state index contributed by atoms with van der Waals surface area (Å²) in [5, 5.41) is 17.7. The minimum Gasteiger partial charge on any atom is -0.491 e. The number of anilines is 1. The molecule has 0 fully saturated rings. The zero-order valence-corrected chi connectivity index (χ0v) is 19.0. The first-order valence-corrected chi connectivity index (χ1v) is 11.8. The van der Waals surface area contributed by atoms with Crippen LogP contribution >= 0.6 is 11.3 Å². The van der Waals surface area contributed by atoms with Crippen LogP contribution in [0.1, 0.15) is 43.2 Å². The second-order valence-electron chi connectivity index (χ2n) is 7.88. The Morgan fingerprint density at radius 1 is 1.19 bits per heavy atom. The molecule has 8 heteroatoms. The standard InChI is InChI=1S/C23H30N6OS/c1-17(2)30-19-10-8-18(9-11-19)26-23(24-13-12-20-6-5-15-31-20)25-16-22-28-27-21-7-3-4-14-29(21)22/h5-6,8-11,15,17H,3-4,7,12-14,16H2,1-2H3,(H2,24,25,26). The molecule has 0 spiro atoms. The minimum atomic E-state index is 0.156. The summed E-state index contributed by atoms with van der Waals surface area (Å²) < 4.78 is 7.96. The summed E-state index contributed by atoms with van der Waals surface area (Å²) >= 11 is 1.78. The van der Waals surface area contributed by atoms with Gasteiger partial charge in [-0.05, 0) is 68.8 Å². The average molecular weight is 439 g/mol. The van der Waals surface area contributed by atoms with Gasteiger partial charge in [-0.25, -0.2) is 4.99 Å². The van der Waals surface area contributed by atoms with Gasteiger partial charge < -0.3 is 19.9 Å². The van der Waals surface area contributed by atoms with Gasteiger partial charge >= 0.3 is 0 Å².